The Hall–Kier alpha value is -1.79. The number of aliphatic imine (C=N–C) groups is 1. The van der Waals surface area contributed by atoms with E-state index in [1.165, 1.54) is 25.9 Å². The summed E-state index contributed by atoms with van der Waals surface area (Å²) in [6.45, 7) is 5.54. The average Bonchev–Trinajstić information content (AvgIpc) is 3.52. The van der Waals surface area contributed by atoms with Crippen LogP contribution in [0.3, 0.4) is 0 Å². The Morgan fingerprint density at radius 3 is 2.73 bits per heavy atom. The van der Waals surface area contributed by atoms with Gasteiger partial charge in [0.1, 0.15) is 5.75 Å². The van der Waals surface area contributed by atoms with E-state index in [0.717, 1.165) is 42.7 Å². The molecule has 1 aromatic carbocycles. The van der Waals surface area contributed by atoms with E-state index in [0.29, 0.717) is 12.6 Å². The third-order valence-corrected chi connectivity index (χ3v) is 5.18. The second kappa shape index (κ2) is 9.24. The second-order valence-corrected chi connectivity index (χ2v) is 7.20. The van der Waals surface area contributed by atoms with Gasteiger partial charge < -0.3 is 25.4 Å². The molecule has 144 valence electrons. The van der Waals surface area contributed by atoms with Crippen molar-refractivity contribution >= 4 is 5.96 Å². The van der Waals surface area contributed by atoms with Crippen LogP contribution in [0, 0.1) is 0 Å². The van der Waals surface area contributed by atoms with Crippen molar-refractivity contribution in [3.8, 4) is 5.75 Å². The van der Waals surface area contributed by atoms with Crippen LogP contribution in [0.1, 0.15) is 44.3 Å². The van der Waals surface area contributed by atoms with Crippen molar-refractivity contribution in [3.05, 3.63) is 29.8 Å². The van der Waals surface area contributed by atoms with Crippen molar-refractivity contribution in [2.75, 3.05) is 33.3 Å². The summed E-state index contributed by atoms with van der Waals surface area (Å²) in [5.41, 5.74) is 0.821. The monoisotopic (exact) mass is 360 g/mol. The van der Waals surface area contributed by atoms with Gasteiger partial charge in [-0.25, -0.2) is 0 Å². The zero-order valence-electron chi connectivity index (χ0n) is 15.9. The van der Waals surface area contributed by atoms with E-state index in [-0.39, 0.29) is 0 Å². The molecular weight excluding hydrogens is 328 g/mol. The lowest BCUT2D eigenvalue weighted by atomic mass is 10.1. The molecule has 1 heterocycles. The molecule has 1 unspecified atom stereocenters. The number of aliphatic hydroxyl groups excluding tert-OH is 1. The maximum atomic E-state index is 10.4. The Kier molecular flexibility index (Phi) is 6.74. The van der Waals surface area contributed by atoms with E-state index in [9.17, 15) is 5.11 Å². The molecule has 2 fully saturated rings. The van der Waals surface area contributed by atoms with E-state index in [1.54, 1.807) is 7.11 Å². The molecule has 3 rings (SSSR count). The third kappa shape index (κ3) is 5.35. The van der Waals surface area contributed by atoms with Crippen molar-refractivity contribution in [2.45, 2.75) is 50.8 Å². The molecule has 1 atom stereocenters. The Morgan fingerprint density at radius 1 is 1.31 bits per heavy atom. The average molecular weight is 361 g/mol. The fourth-order valence-corrected chi connectivity index (χ4v) is 3.49. The molecule has 6 nitrogen and oxygen atoms in total. The predicted octanol–water partition coefficient (Wildman–Crippen LogP) is 1.91. The van der Waals surface area contributed by atoms with Crippen molar-refractivity contribution in [2.24, 2.45) is 4.99 Å². The topological polar surface area (TPSA) is 69.1 Å². The van der Waals surface area contributed by atoms with Gasteiger partial charge in [0.25, 0.3) is 0 Å². The molecule has 1 aliphatic carbocycles. The number of methoxy groups -OCH3 is 1. The first-order chi connectivity index (χ1) is 12.7. The van der Waals surface area contributed by atoms with E-state index < -0.39 is 6.10 Å². The number of nitrogens with zero attached hydrogens (tertiary/aromatic N) is 2. The molecule has 6 heteroatoms. The molecule has 1 saturated carbocycles. The smallest absolute Gasteiger partial charge is 0.191 e. The summed E-state index contributed by atoms with van der Waals surface area (Å²) < 4.78 is 5.22. The quantitative estimate of drug-likeness (QED) is 0.512. The molecule has 0 spiro atoms. The third-order valence-electron chi connectivity index (χ3n) is 5.18. The van der Waals surface area contributed by atoms with Crippen LogP contribution in [0.2, 0.25) is 0 Å². The summed E-state index contributed by atoms with van der Waals surface area (Å²) in [4.78, 5) is 7.22. The fourth-order valence-electron chi connectivity index (χ4n) is 3.49. The molecule has 0 bridgehead atoms. The molecule has 3 N–H and O–H groups in total. The van der Waals surface area contributed by atoms with Crippen LogP contribution in [0.5, 0.6) is 5.75 Å². The summed E-state index contributed by atoms with van der Waals surface area (Å²) in [6.07, 6.45) is 4.42. The first kappa shape index (κ1) is 19.0. The number of guanidine groups is 1. The minimum atomic E-state index is -0.641. The van der Waals surface area contributed by atoms with Crippen LogP contribution in [-0.4, -0.2) is 61.3 Å². The van der Waals surface area contributed by atoms with E-state index in [2.05, 4.69) is 27.4 Å². The van der Waals surface area contributed by atoms with Gasteiger partial charge in [-0.05, 0) is 50.3 Å². The van der Waals surface area contributed by atoms with Gasteiger partial charge in [0.05, 0.1) is 19.8 Å². The van der Waals surface area contributed by atoms with E-state index >= 15 is 0 Å². The highest BCUT2D eigenvalue weighted by atomic mass is 16.5. The first-order valence-corrected chi connectivity index (χ1v) is 9.80. The maximum absolute atomic E-state index is 10.4. The number of hydrogen-bond donors (Lipinski definition) is 3. The number of hydrogen-bond acceptors (Lipinski definition) is 4. The SMILES string of the molecule is CCNC(=NCC(O)c1cccc(OC)c1)NC1CCN(C2CC2)CC1. The van der Waals surface area contributed by atoms with Gasteiger partial charge >= 0.3 is 0 Å². The molecule has 1 saturated heterocycles. The van der Waals surface area contributed by atoms with Crippen LogP contribution in [-0.2, 0) is 0 Å². The lowest BCUT2D eigenvalue weighted by molar-refractivity contribution is 0.186. The number of benzene rings is 1. The number of nitrogens with one attached hydrogen (secondary N) is 2. The zero-order chi connectivity index (χ0) is 18.4. The number of rotatable bonds is 7. The Balaban J connectivity index is 1.52. The summed E-state index contributed by atoms with van der Waals surface area (Å²) in [5.74, 6) is 1.54. The molecule has 26 heavy (non-hydrogen) atoms. The number of ether oxygens (including phenoxy) is 1. The molecule has 0 radical (unpaired) electrons. The highest BCUT2D eigenvalue weighted by molar-refractivity contribution is 5.80. The number of aliphatic hydroxyl groups is 1. The Labute approximate surface area is 156 Å². The minimum absolute atomic E-state index is 0.323. The van der Waals surface area contributed by atoms with Gasteiger partial charge in [0, 0.05) is 31.7 Å². The van der Waals surface area contributed by atoms with Crippen LogP contribution < -0.4 is 15.4 Å². The number of likely N-dealkylation sites (tertiary alicyclic amines) is 1. The van der Waals surface area contributed by atoms with Gasteiger partial charge in [-0.3, -0.25) is 4.99 Å². The van der Waals surface area contributed by atoms with E-state index in [4.69, 9.17) is 4.74 Å². The molecule has 0 amide bonds. The van der Waals surface area contributed by atoms with E-state index in [1.807, 2.05) is 24.3 Å². The predicted molar refractivity (Wildman–Crippen MR) is 105 cm³/mol. The maximum Gasteiger partial charge on any atom is 0.191 e. The van der Waals surface area contributed by atoms with Crippen LogP contribution in [0.25, 0.3) is 0 Å². The Bertz CT molecular complexity index is 595. The molecule has 0 aromatic heterocycles. The summed E-state index contributed by atoms with van der Waals surface area (Å²) in [5, 5.41) is 17.3. The van der Waals surface area contributed by atoms with Crippen molar-refractivity contribution in [1.29, 1.82) is 0 Å². The lowest BCUT2D eigenvalue weighted by Gasteiger charge is -2.33. The van der Waals surface area contributed by atoms with Crippen LogP contribution in [0.15, 0.2) is 29.3 Å². The summed E-state index contributed by atoms with van der Waals surface area (Å²) in [7, 11) is 1.63. The standard InChI is InChI=1S/C20H32N4O2/c1-3-21-20(23-16-9-11-24(12-10-16)17-7-8-17)22-14-19(25)15-5-4-6-18(13-15)26-2/h4-6,13,16-17,19,25H,3,7-12,14H2,1-2H3,(H2,21,22,23). The zero-order valence-corrected chi connectivity index (χ0v) is 15.9. The second-order valence-electron chi connectivity index (χ2n) is 7.20. The van der Waals surface area contributed by atoms with Gasteiger partial charge in [-0.1, -0.05) is 12.1 Å². The highest BCUT2D eigenvalue weighted by Gasteiger charge is 2.31. The lowest BCUT2D eigenvalue weighted by Crippen LogP contribution is -2.49. The van der Waals surface area contributed by atoms with Crippen LogP contribution in [0.4, 0.5) is 0 Å². The van der Waals surface area contributed by atoms with Crippen molar-refractivity contribution < 1.29 is 9.84 Å². The molecule has 1 aromatic rings. The van der Waals surface area contributed by atoms with Crippen molar-refractivity contribution in [1.82, 2.24) is 15.5 Å². The first-order valence-electron chi connectivity index (χ1n) is 9.80. The molecule has 1 aliphatic heterocycles. The molecule has 2 aliphatic rings. The fraction of sp³-hybridized carbons (Fsp3) is 0.650. The number of piperidine rings is 1. The summed E-state index contributed by atoms with van der Waals surface area (Å²) in [6, 6.07) is 8.83. The normalized spacial score (nSPS) is 20.7. The summed E-state index contributed by atoms with van der Waals surface area (Å²) >= 11 is 0. The van der Waals surface area contributed by atoms with Gasteiger partial charge in [-0.15, -0.1) is 0 Å². The van der Waals surface area contributed by atoms with Crippen LogP contribution >= 0.6 is 0 Å². The molecular formula is C20H32N4O2. The van der Waals surface area contributed by atoms with Gasteiger partial charge in [0.15, 0.2) is 5.96 Å². The van der Waals surface area contributed by atoms with Gasteiger partial charge in [0.2, 0.25) is 0 Å². The Morgan fingerprint density at radius 2 is 2.08 bits per heavy atom. The van der Waals surface area contributed by atoms with Crippen molar-refractivity contribution in [3.63, 3.8) is 0 Å². The van der Waals surface area contributed by atoms with Gasteiger partial charge in [-0.2, -0.15) is 0 Å². The minimum Gasteiger partial charge on any atom is -0.497 e. The highest BCUT2D eigenvalue weighted by Crippen LogP contribution is 2.29. The largest absolute Gasteiger partial charge is 0.497 e.